The number of aliphatic hydroxyl groups is 1. The summed E-state index contributed by atoms with van der Waals surface area (Å²) in [5.41, 5.74) is 2.41. The van der Waals surface area contributed by atoms with Crippen LogP contribution in [-0.4, -0.2) is 29.6 Å². The normalized spacial score (nSPS) is 23.9. The first-order valence-electron chi connectivity index (χ1n) is 8.99. The van der Waals surface area contributed by atoms with E-state index < -0.39 is 0 Å². The van der Waals surface area contributed by atoms with Gasteiger partial charge >= 0.3 is 0 Å². The summed E-state index contributed by atoms with van der Waals surface area (Å²) < 4.78 is 0. The Hall–Kier alpha value is -1.61. The van der Waals surface area contributed by atoms with Crippen molar-refractivity contribution in [2.24, 2.45) is 23.7 Å². The zero-order chi connectivity index (χ0) is 17.7. The number of amides is 1. The molecule has 1 aliphatic carbocycles. The number of hydrogen-bond acceptors (Lipinski definition) is 2. The summed E-state index contributed by atoms with van der Waals surface area (Å²) in [5, 5.41) is 9.63. The SMILES string of the molecule is CC1=CC(CO)C(C(C)C)CC1CC(=O)N(C)Cc1ccccc1. The molecule has 0 spiro atoms. The average molecular weight is 329 g/mol. The fraction of sp³-hybridized carbons (Fsp3) is 0.571. The predicted octanol–water partition coefficient (Wildman–Crippen LogP) is 3.88. The molecule has 0 bridgehead atoms. The predicted molar refractivity (Wildman–Crippen MR) is 98.3 cm³/mol. The van der Waals surface area contributed by atoms with Gasteiger partial charge in [0, 0.05) is 32.5 Å². The molecule has 3 nitrogen and oxygen atoms in total. The van der Waals surface area contributed by atoms with Gasteiger partial charge in [0.05, 0.1) is 0 Å². The highest BCUT2D eigenvalue weighted by molar-refractivity contribution is 5.76. The molecule has 0 saturated heterocycles. The summed E-state index contributed by atoms with van der Waals surface area (Å²) in [6, 6.07) is 10.1. The summed E-state index contributed by atoms with van der Waals surface area (Å²) in [6.45, 7) is 7.38. The number of aliphatic hydroxyl groups excluding tert-OH is 1. The molecule has 2 rings (SSSR count). The summed E-state index contributed by atoms with van der Waals surface area (Å²) >= 11 is 0. The first kappa shape index (κ1) is 18.7. The Kier molecular flexibility index (Phi) is 6.61. The van der Waals surface area contributed by atoms with Crippen LogP contribution < -0.4 is 0 Å². The maximum atomic E-state index is 12.6. The molecule has 1 aromatic rings. The average Bonchev–Trinajstić information content (AvgIpc) is 2.56. The number of hydrogen-bond donors (Lipinski definition) is 1. The Bertz CT molecular complexity index is 564. The molecular formula is C21H31NO2. The Balaban J connectivity index is 2.00. The van der Waals surface area contributed by atoms with E-state index in [1.165, 1.54) is 5.57 Å². The van der Waals surface area contributed by atoms with Gasteiger partial charge in [-0.3, -0.25) is 4.79 Å². The monoisotopic (exact) mass is 329 g/mol. The lowest BCUT2D eigenvalue weighted by atomic mass is 9.70. The van der Waals surface area contributed by atoms with Crippen LogP contribution in [0.15, 0.2) is 42.0 Å². The van der Waals surface area contributed by atoms with Crippen LogP contribution in [0, 0.1) is 23.7 Å². The van der Waals surface area contributed by atoms with Gasteiger partial charge in [-0.1, -0.05) is 55.8 Å². The highest BCUT2D eigenvalue weighted by atomic mass is 16.3. The topological polar surface area (TPSA) is 40.5 Å². The highest BCUT2D eigenvalue weighted by Gasteiger charge is 2.32. The lowest BCUT2D eigenvalue weighted by Gasteiger charge is -2.36. The second-order valence-corrected chi connectivity index (χ2v) is 7.54. The van der Waals surface area contributed by atoms with Crippen LogP contribution in [0.1, 0.15) is 39.2 Å². The van der Waals surface area contributed by atoms with Crippen LogP contribution in [-0.2, 0) is 11.3 Å². The van der Waals surface area contributed by atoms with E-state index in [9.17, 15) is 9.90 Å². The van der Waals surface area contributed by atoms with Crippen LogP contribution >= 0.6 is 0 Å². The van der Waals surface area contributed by atoms with Crippen molar-refractivity contribution in [2.45, 2.75) is 40.2 Å². The van der Waals surface area contributed by atoms with Gasteiger partial charge in [-0.15, -0.1) is 0 Å². The Morgan fingerprint density at radius 3 is 2.54 bits per heavy atom. The van der Waals surface area contributed by atoms with Crippen molar-refractivity contribution in [3.63, 3.8) is 0 Å². The zero-order valence-corrected chi connectivity index (χ0v) is 15.4. The fourth-order valence-corrected chi connectivity index (χ4v) is 3.80. The van der Waals surface area contributed by atoms with Gasteiger partial charge in [-0.05, 0) is 36.7 Å². The fourth-order valence-electron chi connectivity index (χ4n) is 3.80. The van der Waals surface area contributed by atoms with E-state index in [4.69, 9.17) is 0 Å². The van der Waals surface area contributed by atoms with E-state index in [-0.39, 0.29) is 18.4 Å². The molecule has 3 heteroatoms. The third-order valence-electron chi connectivity index (χ3n) is 5.40. The first-order valence-corrected chi connectivity index (χ1v) is 8.99. The lowest BCUT2D eigenvalue weighted by Crippen LogP contribution is -2.33. The van der Waals surface area contributed by atoms with Gasteiger partial charge in [0.2, 0.25) is 5.91 Å². The van der Waals surface area contributed by atoms with Gasteiger partial charge < -0.3 is 10.0 Å². The molecule has 24 heavy (non-hydrogen) atoms. The first-order chi connectivity index (χ1) is 11.4. The summed E-state index contributed by atoms with van der Waals surface area (Å²) in [5.74, 6) is 1.70. The van der Waals surface area contributed by atoms with Gasteiger partial charge in [0.15, 0.2) is 0 Å². The molecule has 1 aromatic carbocycles. The molecule has 0 fully saturated rings. The molecule has 0 heterocycles. The second kappa shape index (κ2) is 8.48. The van der Waals surface area contributed by atoms with Crippen molar-refractivity contribution >= 4 is 5.91 Å². The molecule has 1 amide bonds. The van der Waals surface area contributed by atoms with Crippen molar-refractivity contribution in [3.8, 4) is 0 Å². The van der Waals surface area contributed by atoms with Crippen LogP contribution in [0.3, 0.4) is 0 Å². The van der Waals surface area contributed by atoms with E-state index in [0.717, 1.165) is 12.0 Å². The van der Waals surface area contributed by atoms with Crippen molar-refractivity contribution in [1.82, 2.24) is 4.90 Å². The zero-order valence-electron chi connectivity index (χ0n) is 15.4. The summed E-state index contributed by atoms with van der Waals surface area (Å²) in [7, 11) is 1.88. The van der Waals surface area contributed by atoms with E-state index in [1.54, 1.807) is 0 Å². The number of allylic oxidation sites excluding steroid dienone is 1. The largest absolute Gasteiger partial charge is 0.396 e. The number of carbonyl (C=O) groups excluding carboxylic acids is 1. The molecule has 0 aliphatic heterocycles. The van der Waals surface area contributed by atoms with E-state index in [2.05, 4.69) is 39.0 Å². The van der Waals surface area contributed by atoms with Gasteiger partial charge in [0.1, 0.15) is 0 Å². The minimum atomic E-state index is 0.196. The molecule has 3 atom stereocenters. The van der Waals surface area contributed by atoms with E-state index >= 15 is 0 Å². The Labute approximate surface area is 146 Å². The number of benzene rings is 1. The standard InChI is InChI=1S/C21H31NO2/c1-15(2)20-11-18(16(3)10-19(20)14-23)12-21(24)22(4)13-17-8-6-5-7-9-17/h5-10,15,18-20,23H,11-14H2,1-4H3. The molecule has 0 aromatic heterocycles. The molecule has 1 N–H and O–H groups in total. The maximum Gasteiger partial charge on any atom is 0.223 e. The molecule has 0 radical (unpaired) electrons. The van der Waals surface area contributed by atoms with Gasteiger partial charge in [0.25, 0.3) is 0 Å². The Morgan fingerprint density at radius 1 is 1.29 bits per heavy atom. The summed E-state index contributed by atoms with van der Waals surface area (Å²) in [4.78, 5) is 14.5. The second-order valence-electron chi connectivity index (χ2n) is 7.54. The van der Waals surface area contributed by atoms with Crippen LogP contribution in [0.25, 0.3) is 0 Å². The van der Waals surface area contributed by atoms with Crippen LogP contribution in [0.5, 0.6) is 0 Å². The quantitative estimate of drug-likeness (QED) is 0.805. The number of nitrogens with zero attached hydrogens (tertiary/aromatic N) is 1. The lowest BCUT2D eigenvalue weighted by molar-refractivity contribution is -0.131. The third-order valence-corrected chi connectivity index (χ3v) is 5.40. The highest BCUT2D eigenvalue weighted by Crippen LogP contribution is 2.38. The van der Waals surface area contributed by atoms with Crippen molar-refractivity contribution < 1.29 is 9.90 Å². The Morgan fingerprint density at radius 2 is 1.96 bits per heavy atom. The third kappa shape index (κ3) is 4.70. The van der Waals surface area contributed by atoms with Gasteiger partial charge in [-0.2, -0.15) is 0 Å². The van der Waals surface area contributed by atoms with Crippen molar-refractivity contribution in [1.29, 1.82) is 0 Å². The molecule has 3 unspecified atom stereocenters. The molecule has 0 saturated carbocycles. The number of rotatable bonds is 6. The van der Waals surface area contributed by atoms with E-state index in [1.807, 2.05) is 30.1 Å². The van der Waals surface area contributed by atoms with Gasteiger partial charge in [-0.25, -0.2) is 0 Å². The minimum Gasteiger partial charge on any atom is -0.396 e. The number of carbonyl (C=O) groups is 1. The molecular weight excluding hydrogens is 298 g/mol. The summed E-state index contributed by atoms with van der Waals surface area (Å²) in [6.07, 6.45) is 3.76. The molecule has 1 aliphatic rings. The smallest absolute Gasteiger partial charge is 0.223 e. The van der Waals surface area contributed by atoms with Crippen LogP contribution in [0.2, 0.25) is 0 Å². The minimum absolute atomic E-state index is 0.196. The van der Waals surface area contributed by atoms with Crippen molar-refractivity contribution in [3.05, 3.63) is 47.5 Å². The maximum absolute atomic E-state index is 12.6. The molecule has 132 valence electrons. The van der Waals surface area contributed by atoms with E-state index in [0.29, 0.717) is 30.7 Å². The van der Waals surface area contributed by atoms with Crippen LogP contribution in [0.4, 0.5) is 0 Å². The van der Waals surface area contributed by atoms with Crippen molar-refractivity contribution in [2.75, 3.05) is 13.7 Å².